The van der Waals surface area contributed by atoms with Crippen LogP contribution < -0.4 is 14.4 Å². The molecule has 2 aliphatic rings. The van der Waals surface area contributed by atoms with Crippen LogP contribution in [0.1, 0.15) is 30.0 Å². The molecule has 0 bridgehead atoms. The van der Waals surface area contributed by atoms with Crippen LogP contribution in [0.5, 0.6) is 11.5 Å². The molecule has 8 nitrogen and oxygen atoms in total. The van der Waals surface area contributed by atoms with Crippen molar-refractivity contribution in [2.24, 2.45) is 5.10 Å². The van der Waals surface area contributed by atoms with Crippen LogP contribution in [0.4, 0.5) is 5.69 Å². The van der Waals surface area contributed by atoms with E-state index in [2.05, 4.69) is 4.90 Å². The van der Waals surface area contributed by atoms with Gasteiger partial charge in [-0.25, -0.2) is 13.4 Å². The third kappa shape index (κ3) is 4.68. The predicted molar refractivity (Wildman–Crippen MR) is 128 cm³/mol. The Morgan fingerprint density at radius 3 is 2.27 bits per heavy atom. The molecule has 0 aromatic heterocycles. The van der Waals surface area contributed by atoms with E-state index < -0.39 is 9.84 Å². The van der Waals surface area contributed by atoms with Gasteiger partial charge in [-0.15, -0.1) is 0 Å². The second-order valence-electron chi connectivity index (χ2n) is 8.25. The first-order chi connectivity index (χ1) is 15.9. The number of carbonyl (C=O) groups is 1. The minimum Gasteiger partial charge on any atom is -0.493 e. The molecular weight excluding hydrogens is 442 g/mol. The number of methoxy groups -OCH3 is 2. The van der Waals surface area contributed by atoms with Crippen molar-refractivity contribution < 1.29 is 22.7 Å². The summed E-state index contributed by atoms with van der Waals surface area (Å²) in [7, 11) is 0.265. The quantitative estimate of drug-likeness (QED) is 0.602. The number of anilines is 1. The number of carbonyl (C=O) groups excluding carboxylic acids is 1. The number of amides is 1. The lowest BCUT2D eigenvalue weighted by Crippen LogP contribution is -2.40. The first-order valence-electron chi connectivity index (χ1n) is 11.0. The molecule has 0 aliphatic carbocycles. The van der Waals surface area contributed by atoms with Crippen molar-refractivity contribution in [2.45, 2.75) is 25.8 Å². The zero-order chi connectivity index (χ0) is 23.6. The van der Waals surface area contributed by atoms with Crippen molar-refractivity contribution in [2.75, 3.05) is 43.7 Å². The highest BCUT2D eigenvalue weighted by molar-refractivity contribution is 7.91. The topological polar surface area (TPSA) is 88.5 Å². The van der Waals surface area contributed by atoms with E-state index in [1.807, 2.05) is 43.3 Å². The van der Waals surface area contributed by atoms with Crippen LogP contribution in [0.25, 0.3) is 0 Å². The van der Waals surface area contributed by atoms with Gasteiger partial charge in [0.1, 0.15) is 0 Å². The van der Waals surface area contributed by atoms with Crippen molar-refractivity contribution in [3.8, 4) is 11.5 Å². The van der Waals surface area contributed by atoms with E-state index in [1.165, 1.54) is 5.01 Å². The number of ether oxygens (including phenoxy) is 2. The Bertz CT molecular complexity index is 1150. The molecule has 0 spiro atoms. The van der Waals surface area contributed by atoms with Gasteiger partial charge in [-0.3, -0.25) is 4.79 Å². The van der Waals surface area contributed by atoms with E-state index >= 15 is 0 Å². The summed E-state index contributed by atoms with van der Waals surface area (Å²) >= 11 is 0. The normalized spacial score (nSPS) is 19.8. The lowest BCUT2D eigenvalue weighted by atomic mass is 9.93. The van der Waals surface area contributed by atoms with Crippen LogP contribution in [-0.2, 0) is 21.1 Å². The molecule has 33 heavy (non-hydrogen) atoms. The van der Waals surface area contributed by atoms with Gasteiger partial charge in [-0.2, -0.15) is 5.10 Å². The smallest absolute Gasteiger partial charge is 0.230 e. The first kappa shape index (κ1) is 23.1. The fourth-order valence-corrected chi connectivity index (χ4v) is 5.57. The Kier molecular flexibility index (Phi) is 6.60. The van der Waals surface area contributed by atoms with Crippen LogP contribution in [0.3, 0.4) is 0 Å². The van der Waals surface area contributed by atoms with Gasteiger partial charge in [0.25, 0.3) is 0 Å². The number of sulfone groups is 1. The average molecular weight is 472 g/mol. The lowest BCUT2D eigenvalue weighted by molar-refractivity contribution is -0.120. The second kappa shape index (κ2) is 9.43. The fraction of sp³-hybridized carbons (Fsp3) is 0.417. The maximum absolute atomic E-state index is 11.9. The van der Waals surface area contributed by atoms with Crippen molar-refractivity contribution in [3.63, 3.8) is 0 Å². The molecule has 2 aromatic carbocycles. The maximum Gasteiger partial charge on any atom is 0.230 e. The summed E-state index contributed by atoms with van der Waals surface area (Å²) in [4.78, 5) is 14.0. The zero-order valence-electron chi connectivity index (χ0n) is 19.2. The van der Waals surface area contributed by atoms with E-state index in [0.29, 0.717) is 36.7 Å². The van der Waals surface area contributed by atoms with Gasteiger partial charge >= 0.3 is 0 Å². The predicted octanol–water partition coefficient (Wildman–Crippen LogP) is 2.48. The number of rotatable bonds is 6. The summed E-state index contributed by atoms with van der Waals surface area (Å²) < 4.78 is 34.5. The number of hydrazone groups is 1. The van der Waals surface area contributed by atoms with E-state index in [9.17, 15) is 13.2 Å². The fourth-order valence-electron chi connectivity index (χ4n) is 4.36. The molecule has 176 valence electrons. The maximum atomic E-state index is 11.9. The molecular formula is C24H29N3O5S. The molecule has 1 amide bonds. The highest BCUT2D eigenvalue weighted by atomic mass is 32.2. The van der Waals surface area contributed by atoms with E-state index in [-0.39, 0.29) is 17.5 Å². The third-order valence-electron chi connectivity index (χ3n) is 6.34. The van der Waals surface area contributed by atoms with Gasteiger partial charge in [0.2, 0.25) is 6.41 Å². The summed E-state index contributed by atoms with van der Waals surface area (Å²) in [5.74, 6) is 1.58. The van der Waals surface area contributed by atoms with Crippen LogP contribution in [0.2, 0.25) is 0 Å². The minimum absolute atomic E-state index is 0.0635. The molecule has 1 atom stereocenters. The standard InChI is InChI=1S/C24H29N3O5S/c1-4-19-13-18-14-22(31-2)23(32-3)15-21(18)24(25-27(19)16-28)17-5-7-20(8-6-17)26-9-11-33(29,30)12-10-26/h5-8,14-16,19H,4,9-13H2,1-3H3. The van der Waals surface area contributed by atoms with Crippen molar-refractivity contribution in [3.05, 3.63) is 53.1 Å². The molecule has 0 radical (unpaired) electrons. The summed E-state index contributed by atoms with van der Waals surface area (Å²) in [5.41, 5.74) is 4.44. The van der Waals surface area contributed by atoms with Crippen molar-refractivity contribution in [1.29, 1.82) is 0 Å². The molecule has 2 heterocycles. The van der Waals surface area contributed by atoms with Crippen molar-refractivity contribution >= 4 is 27.6 Å². The number of hydrogen-bond donors (Lipinski definition) is 0. The molecule has 2 aliphatic heterocycles. The highest BCUT2D eigenvalue weighted by Crippen LogP contribution is 2.35. The SMILES string of the molecule is CCC1Cc2cc(OC)c(OC)cc2C(c2ccc(N3CCS(=O)(=O)CC3)cc2)=NN1C=O. The monoisotopic (exact) mass is 471 g/mol. The molecule has 0 N–H and O–H groups in total. The largest absolute Gasteiger partial charge is 0.493 e. The Hall–Kier alpha value is -3.07. The summed E-state index contributed by atoms with van der Waals surface area (Å²) in [5, 5.41) is 6.24. The van der Waals surface area contributed by atoms with Gasteiger partial charge < -0.3 is 14.4 Å². The van der Waals surface area contributed by atoms with E-state index in [0.717, 1.165) is 35.2 Å². The van der Waals surface area contributed by atoms with Crippen LogP contribution in [0, 0.1) is 0 Å². The van der Waals surface area contributed by atoms with Gasteiger partial charge in [0, 0.05) is 29.9 Å². The van der Waals surface area contributed by atoms with Gasteiger partial charge in [-0.05, 0) is 42.7 Å². The Morgan fingerprint density at radius 1 is 1.06 bits per heavy atom. The third-order valence-corrected chi connectivity index (χ3v) is 7.95. The van der Waals surface area contributed by atoms with Crippen LogP contribution in [-0.4, -0.2) is 70.4 Å². The summed E-state index contributed by atoms with van der Waals surface area (Å²) in [6, 6.07) is 11.7. The van der Waals surface area contributed by atoms with Gasteiger partial charge in [-0.1, -0.05) is 19.1 Å². The zero-order valence-corrected chi connectivity index (χ0v) is 20.0. The number of nitrogens with zero attached hydrogens (tertiary/aromatic N) is 3. The van der Waals surface area contributed by atoms with Crippen molar-refractivity contribution in [1.82, 2.24) is 5.01 Å². The Balaban J connectivity index is 1.75. The molecule has 1 unspecified atom stereocenters. The number of fused-ring (bicyclic) bond motifs is 1. The molecule has 1 fully saturated rings. The molecule has 0 saturated carbocycles. The van der Waals surface area contributed by atoms with E-state index in [1.54, 1.807) is 14.2 Å². The van der Waals surface area contributed by atoms with Crippen LogP contribution >= 0.6 is 0 Å². The first-order valence-corrected chi connectivity index (χ1v) is 12.8. The number of hydrogen-bond acceptors (Lipinski definition) is 7. The summed E-state index contributed by atoms with van der Waals surface area (Å²) in [6.07, 6.45) is 2.19. The Labute approximate surface area is 194 Å². The highest BCUT2D eigenvalue weighted by Gasteiger charge is 2.27. The van der Waals surface area contributed by atoms with Crippen LogP contribution in [0.15, 0.2) is 41.5 Å². The second-order valence-corrected chi connectivity index (χ2v) is 10.6. The molecule has 9 heteroatoms. The summed E-state index contributed by atoms with van der Waals surface area (Å²) in [6.45, 7) is 3.01. The average Bonchev–Trinajstić information content (AvgIpc) is 2.99. The van der Waals surface area contributed by atoms with Gasteiger partial charge in [0.15, 0.2) is 21.3 Å². The molecule has 1 saturated heterocycles. The lowest BCUT2D eigenvalue weighted by Gasteiger charge is -2.28. The molecule has 4 rings (SSSR count). The van der Waals surface area contributed by atoms with E-state index in [4.69, 9.17) is 14.6 Å². The molecule has 2 aromatic rings. The number of benzene rings is 2. The van der Waals surface area contributed by atoms with Gasteiger partial charge in [0.05, 0.1) is 37.5 Å². The minimum atomic E-state index is -2.94. The Morgan fingerprint density at radius 2 is 1.70 bits per heavy atom.